The molecule has 0 radical (unpaired) electrons. The van der Waals surface area contributed by atoms with Crippen molar-refractivity contribution in [1.29, 1.82) is 0 Å². The summed E-state index contributed by atoms with van der Waals surface area (Å²) in [5.41, 5.74) is 1.06. The number of halogens is 1. The molecule has 3 rings (SSSR count). The van der Waals surface area contributed by atoms with Gasteiger partial charge in [0, 0.05) is 18.7 Å². The van der Waals surface area contributed by atoms with Gasteiger partial charge in [-0.2, -0.15) is 4.31 Å². The van der Waals surface area contributed by atoms with Gasteiger partial charge in [0.2, 0.25) is 10.0 Å². The average Bonchev–Trinajstić information content (AvgIpc) is 2.80. The summed E-state index contributed by atoms with van der Waals surface area (Å²) in [7, 11) is -2.20. The summed E-state index contributed by atoms with van der Waals surface area (Å²) in [5.74, 6) is 0.812. The number of hydrogen-bond acceptors (Lipinski definition) is 5. The van der Waals surface area contributed by atoms with Crippen molar-refractivity contribution in [3.8, 4) is 11.5 Å². The van der Waals surface area contributed by atoms with Gasteiger partial charge in [-0.1, -0.05) is 24.1 Å². The van der Waals surface area contributed by atoms with Crippen LogP contribution >= 0.6 is 11.6 Å². The van der Waals surface area contributed by atoms with Crippen molar-refractivity contribution in [1.82, 2.24) is 9.62 Å². The number of nitrogens with one attached hydrogen (secondary N) is 1. The molecule has 0 aromatic heterocycles. The van der Waals surface area contributed by atoms with Gasteiger partial charge >= 0.3 is 0 Å². The van der Waals surface area contributed by atoms with Crippen molar-refractivity contribution in [2.24, 2.45) is 0 Å². The van der Waals surface area contributed by atoms with Gasteiger partial charge in [0.05, 0.1) is 24.8 Å². The Kier molecular flexibility index (Phi) is 8.03. The van der Waals surface area contributed by atoms with E-state index in [0.29, 0.717) is 31.2 Å². The van der Waals surface area contributed by atoms with E-state index in [1.54, 1.807) is 13.2 Å². The van der Waals surface area contributed by atoms with Crippen LogP contribution in [0.2, 0.25) is 5.02 Å². The predicted molar refractivity (Wildman–Crippen MR) is 124 cm³/mol. The number of hydrogen-bond donors (Lipinski definition) is 1. The molecule has 2 aromatic carbocycles. The number of rotatable bonds is 8. The minimum Gasteiger partial charge on any atom is -0.493 e. The summed E-state index contributed by atoms with van der Waals surface area (Å²) in [6.45, 7) is 5.18. The van der Waals surface area contributed by atoms with Crippen molar-refractivity contribution < 1.29 is 22.7 Å². The molecule has 7 nitrogen and oxygen atoms in total. The SMILES string of the molecule is CCOc1ccc(C(C)NC(=O)c2ccc(Cl)c(S(=O)(=O)N3CCCCC3)c2)cc1OC. The predicted octanol–water partition coefficient (Wildman–Crippen LogP) is 4.41. The molecule has 1 heterocycles. The Hall–Kier alpha value is -2.29. The number of carbonyl (C=O) groups excluding carboxylic acids is 1. The maximum absolute atomic E-state index is 13.1. The largest absolute Gasteiger partial charge is 0.493 e. The van der Waals surface area contributed by atoms with Crippen LogP contribution in [-0.2, 0) is 10.0 Å². The maximum Gasteiger partial charge on any atom is 0.251 e. The minimum atomic E-state index is -3.76. The Labute approximate surface area is 194 Å². The van der Waals surface area contributed by atoms with Gasteiger partial charge in [0.1, 0.15) is 4.90 Å². The van der Waals surface area contributed by atoms with Gasteiger partial charge in [-0.25, -0.2) is 8.42 Å². The Morgan fingerprint density at radius 1 is 1.12 bits per heavy atom. The lowest BCUT2D eigenvalue weighted by molar-refractivity contribution is 0.0939. The van der Waals surface area contributed by atoms with Gasteiger partial charge in [-0.15, -0.1) is 0 Å². The highest BCUT2D eigenvalue weighted by Crippen LogP contribution is 2.31. The van der Waals surface area contributed by atoms with E-state index in [4.69, 9.17) is 21.1 Å². The van der Waals surface area contributed by atoms with Crippen LogP contribution in [-0.4, -0.2) is 45.4 Å². The van der Waals surface area contributed by atoms with E-state index in [0.717, 1.165) is 24.8 Å². The average molecular weight is 481 g/mol. The van der Waals surface area contributed by atoms with Crippen molar-refractivity contribution in [3.63, 3.8) is 0 Å². The van der Waals surface area contributed by atoms with Crippen LogP contribution in [0.25, 0.3) is 0 Å². The van der Waals surface area contributed by atoms with E-state index in [-0.39, 0.29) is 21.5 Å². The fourth-order valence-corrected chi connectivity index (χ4v) is 5.70. The smallest absolute Gasteiger partial charge is 0.251 e. The van der Waals surface area contributed by atoms with Crippen LogP contribution in [0, 0.1) is 0 Å². The molecule has 32 heavy (non-hydrogen) atoms. The van der Waals surface area contributed by atoms with E-state index in [2.05, 4.69) is 5.32 Å². The number of ether oxygens (including phenoxy) is 2. The molecule has 0 saturated carbocycles. The van der Waals surface area contributed by atoms with Crippen LogP contribution < -0.4 is 14.8 Å². The molecule has 1 aliphatic heterocycles. The van der Waals surface area contributed by atoms with Gasteiger partial charge in [0.15, 0.2) is 11.5 Å². The highest BCUT2D eigenvalue weighted by Gasteiger charge is 2.29. The third kappa shape index (κ3) is 5.36. The summed E-state index contributed by atoms with van der Waals surface area (Å²) in [6, 6.07) is 9.45. The molecule has 1 N–H and O–H groups in total. The minimum absolute atomic E-state index is 0.0379. The van der Waals surface area contributed by atoms with Crippen LogP contribution in [0.4, 0.5) is 0 Å². The molecule has 9 heteroatoms. The number of sulfonamides is 1. The molecular weight excluding hydrogens is 452 g/mol. The first kappa shape index (κ1) is 24.4. The molecule has 1 amide bonds. The second kappa shape index (κ2) is 10.6. The van der Waals surface area contributed by atoms with E-state index in [9.17, 15) is 13.2 Å². The zero-order valence-corrected chi connectivity index (χ0v) is 20.1. The van der Waals surface area contributed by atoms with Gasteiger partial charge in [-0.05, 0) is 62.6 Å². The van der Waals surface area contributed by atoms with Crippen molar-refractivity contribution in [3.05, 3.63) is 52.5 Å². The lowest BCUT2D eigenvalue weighted by atomic mass is 10.1. The molecule has 1 atom stereocenters. The summed E-state index contributed by atoms with van der Waals surface area (Å²) >= 11 is 6.22. The Balaban J connectivity index is 1.80. The number of piperidine rings is 1. The molecule has 1 saturated heterocycles. The third-order valence-corrected chi connectivity index (χ3v) is 7.84. The zero-order valence-electron chi connectivity index (χ0n) is 18.6. The van der Waals surface area contributed by atoms with Gasteiger partial charge < -0.3 is 14.8 Å². The number of carbonyl (C=O) groups is 1. The standard InChI is InChI=1S/C23H29ClN2O5S/c1-4-31-20-11-9-17(14-21(20)30-3)16(2)25-23(27)18-8-10-19(24)22(15-18)32(28,29)26-12-6-5-7-13-26/h8-11,14-16H,4-7,12-13H2,1-3H3,(H,25,27). The van der Waals surface area contributed by atoms with E-state index >= 15 is 0 Å². The highest BCUT2D eigenvalue weighted by atomic mass is 35.5. The van der Waals surface area contributed by atoms with E-state index in [1.165, 1.54) is 22.5 Å². The molecule has 0 spiro atoms. The van der Waals surface area contributed by atoms with E-state index < -0.39 is 15.9 Å². The van der Waals surface area contributed by atoms with Crippen molar-refractivity contribution in [2.75, 3.05) is 26.8 Å². The maximum atomic E-state index is 13.1. The molecule has 1 unspecified atom stereocenters. The normalized spacial score (nSPS) is 15.8. The molecule has 1 aliphatic rings. The molecule has 1 fully saturated rings. The summed E-state index contributed by atoms with van der Waals surface area (Å²) in [6.07, 6.45) is 2.65. The molecule has 2 aromatic rings. The fourth-order valence-electron chi connectivity index (χ4n) is 3.68. The van der Waals surface area contributed by atoms with Crippen LogP contribution in [0.5, 0.6) is 11.5 Å². The second-order valence-electron chi connectivity index (χ2n) is 7.65. The first-order chi connectivity index (χ1) is 15.3. The monoisotopic (exact) mass is 480 g/mol. The first-order valence-corrected chi connectivity index (χ1v) is 12.5. The van der Waals surface area contributed by atoms with Crippen molar-refractivity contribution in [2.45, 2.75) is 44.0 Å². The molecule has 174 valence electrons. The Morgan fingerprint density at radius 2 is 1.84 bits per heavy atom. The zero-order chi connectivity index (χ0) is 23.3. The highest BCUT2D eigenvalue weighted by molar-refractivity contribution is 7.89. The van der Waals surface area contributed by atoms with Crippen LogP contribution in [0.1, 0.15) is 55.1 Å². The summed E-state index contributed by atoms with van der Waals surface area (Å²) in [4.78, 5) is 12.9. The van der Waals surface area contributed by atoms with Gasteiger partial charge in [-0.3, -0.25) is 4.79 Å². The molecule has 0 aliphatic carbocycles. The number of methoxy groups -OCH3 is 1. The Morgan fingerprint density at radius 3 is 2.50 bits per heavy atom. The quantitative estimate of drug-likeness (QED) is 0.604. The molecular formula is C23H29ClN2O5S. The van der Waals surface area contributed by atoms with E-state index in [1.807, 2.05) is 26.0 Å². The summed E-state index contributed by atoms with van der Waals surface area (Å²) in [5, 5.41) is 3.01. The topological polar surface area (TPSA) is 84.9 Å². The second-order valence-corrected chi connectivity index (χ2v) is 9.96. The van der Waals surface area contributed by atoms with Crippen LogP contribution in [0.3, 0.4) is 0 Å². The lowest BCUT2D eigenvalue weighted by Crippen LogP contribution is -2.36. The first-order valence-electron chi connectivity index (χ1n) is 10.7. The Bertz CT molecular complexity index is 1070. The number of benzene rings is 2. The van der Waals surface area contributed by atoms with Crippen LogP contribution in [0.15, 0.2) is 41.3 Å². The number of nitrogens with zero attached hydrogens (tertiary/aromatic N) is 1. The summed E-state index contributed by atoms with van der Waals surface area (Å²) < 4.78 is 38.5. The number of amides is 1. The lowest BCUT2D eigenvalue weighted by Gasteiger charge is -2.26. The van der Waals surface area contributed by atoms with Crippen molar-refractivity contribution >= 4 is 27.5 Å². The third-order valence-electron chi connectivity index (χ3n) is 5.46. The fraction of sp³-hybridized carbons (Fsp3) is 0.435. The molecule has 0 bridgehead atoms. The van der Waals surface area contributed by atoms with Gasteiger partial charge in [0.25, 0.3) is 5.91 Å².